The zero-order valence-corrected chi connectivity index (χ0v) is 35.6. The summed E-state index contributed by atoms with van der Waals surface area (Å²) in [5, 5.41) is 4.62. The maximum Gasteiger partial charge on any atom is 0.137 e. The topological polar surface area (TPSA) is 79.9 Å². The molecule has 0 N–H and O–H groups in total. The summed E-state index contributed by atoms with van der Waals surface area (Å²) in [7, 11) is 0. The third-order valence-corrected chi connectivity index (χ3v) is 12.2. The summed E-state index contributed by atoms with van der Waals surface area (Å²) in [5.74, 6) is 4.69. The predicted octanol–water partition coefficient (Wildman–Crippen LogP) is 13.9. The molecule has 0 bridgehead atoms. The molecule has 0 spiro atoms. The van der Waals surface area contributed by atoms with E-state index in [2.05, 4.69) is 135 Å². The van der Waals surface area contributed by atoms with Gasteiger partial charge in [-0.1, -0.05) is 48.5 Å². The second-order valence-corrected chi connectivity index (χ2v) is 16.3. The van der Waals surface area contributed by atoms with Crippen molar-refractivity contribution in [2.24, 2.45) is 0 Å². The van der Waals surface area contributed by atoms with Crippen molar-refractivity contribution in [2.75, 3.05) is 0 Å². The molecule has 0 atom stereocenters. The van der Waals surface area contributed by atoms with Crippen LogP contribution in [0.5, 0.6) is 23.0 Å². The van der Waals surface area contributed by atoms with Crippen LogP contribution in [0.4, 0.5) is 0 Å². The molecule has 8 heteroatoms. The minimum absolute atomic E-state index is 0.703. The minimum atomic E-state index is 0.703. The maximum atomic E-state index is 6.75. The number of nitrogens with zero attached hydrogens (tertiary/aromatic N) is 6. The number of fused-ring (bicyclic) bond motifs is 6. The van der Waals surface area contributed by atoms with Crippen LogP contribution in [-0.4, -0.2) is 29.1 Å². The van der Waals surface area contributed by atoms with E-state index >= 15 is 0 Å². The van der Waals surface area contributed by atoms with Gasteiger partial charge in [-0.2, -0.15) is 0 Å². The SMILES string of the molecule is Cc1ccnc(-n2c3ccccc3c3ccc(Oc4cccc(-c5cnc(-c6cc(Oc7ccc8c9ccccc9n(-c9cc(C)ccn9)c8c7)c(C)c(C)c6C)cn5)c4)cc32)c1. The lowest BCUT2D eigenvalue weighted by Gasteiger charge is -2.17. The van der Waals surface area contributed by atoms with Crippen LogP contribution in [0.15, 0.2) is 164 Å². The quantitative estimate of drug-likeness (QED) is 0.152. The highest BCUT2D eigenvalue weighted by molar-refractivity contribution is 6.10. The summed E-state index contributed by atoms with van der Waals surface area (Å²) >= 11 is 0. The van der Waals surface area contributed by atoms with Crippen molar-refractivity contribution in [3.05, 3.63) is 192 Å². The highest BCUT2D eigenvalue weighted by Crippen LogP contribution is 2.40. The van der Waals surface area contributed by atoms with Crippen LogP contribution in [0.3, 0.4) is 0 Å². The summed E-state index contributed by atoms with van der Waals surface area (Å²) < 4.78 is 17.7. The number of aryl methyl sites for hydroxylation is 2. The van der Waals surface area contributed by atoms with E-state index in [0.29, 0.717) is 5.75 Å². The van der Waals surface area contributed by atoms with Crippen molar-refractivity contribution in [1.29, 1.82) is 0 Å². The van der Waals surface area contributed by atoms with Crippen LogP contribution in [-0.2, 0) is 0 Å². The Morgan fingerprint density at radius 1 is 0.397 bits per heavy atom. The number of rotatable bonds is 8. The van der Waals surface area contributed by atoms with E-state index in [1.165, 1.54) is 10.8 Å². The van der Waals surface area contributed by atoms with Crippen molar-refractivity contribution in [2.45, 2.75) is 34.6 Å². The first-order chi connectivity index (χ1) is 30.8. The van der Waals surface area contributed by atoms with Gasteiger partial charge < -0.3 is 9.47 Å². The van der Waals surface area contributed by atoms with Crippen LogP contribution >= 0.6 is 0 Å². The monoisotopic (exact) mass is 818 g/mol. The van der Waals surface area contributed by atoms with Crippen molar-refractivity contribution >= 4 is 43.6 Å². The van der Waals surface area contributed by atoms with E-state index in [0.717, 1.165) is 112 Å². The van der Waals surface area contributed by atoms with Crippen molar-refractivity contribution in [1.82, 2.24) is 29.1 Å². The van der Waals surface area contributed by atoms with E-state index < -0.39 is 0 Å². The average Bonchev–Trinajstić information content (AvgIpc) is 3.81. The van der Waals surface area contributed by atoms with Gasteiger partial charge in [-0.3, -0.25) is 19.1 Å². The Balaban J connectivity index is 0.888. The summed E-state index contributed by atoms with van der Waals surface area (Å²) in [4.78, 5) is 19.4. The molecule has 304 valence electrons. The van der Waals surface area contributed by atoms with Crippen LogP contribution in [0.1, 0.15) is 27.8 Å². The van der Waals surface area contributed by atoms with Crippen LogP contribution < -0.4 is 9.47 Å². The summed E-state index contributed by atoms with van der Waals surface area (Å²) in [6.45, 7) is 10.5. The Hall–Kier alpha value is -8.10. The van der Waals surface area contributed by atoms with Gasteiger partial charge in [0.25, 0.3) is 0 Å². The fraction of sp³-hybridized carbons (Fsp3) is 0.0909. The standard InChI is InChI=1S/C55H42N6O2/c1-33-21-23-56-54(25-33)60-49-15-8-6-13-42(49)44-19-17-40(28-51(44)60)62-39-12-10-11-38(27-39)47-31-59-48(32-58-47)46-30-53(37(5)35(3)36(46)4)63-41-18-20-45-43-14-7-9-16-50(43)61(52(45)29-41)55-26-34(2)22-24-57-55/h6-32H,1-5H3. The molecule has 0 amide bonds. The van der Waals surface area contributed by atoms with E-state index in [9.17, 15) is 0 Å². The molecule has 0 unspecified atom stereocenters. The molecular formula is C55H42N6O2. The molecule has 8 nitrogen and oxygen atoms in total. The highest BCUT2D eigenvalue weighted by atomic mass is 16.5. The molecule has 0 saturated carbocycles. The largest absolute Gasteiger partial charge is 0.457 e. The van der Waals surface area contributed by atoms with E-state index in [1.54, 1.807) is 0 Å². The fourth-order valence-electron chi connectivity index (χ4n) is 8.79. The second-order valence-electron chi connectivity index (χ2n) is 16.3. The molecule has 5 aromatic heterocycles. The number of pyridine rings is 2. The molecule has 0 aliphatic rings. The Morgan fingerprint density at radius 3 is 1.52 bits per heavy atom. The predicted molar refractivity (Wildman–Crippen MR) is 254 cm³/mol. The van der Waals surface area contributed by atoms with E-state index in [1.807, 2.05) is 73.3 Å². The highest BCUT2D eigenvalue weighted by Gasteiger charge is 2.19. The fourth-order valence-corrected chi connectivity index (χ4v) is 8.79. The summed E-state index contributed by atoms with van der Waals surface area (Å²) in [6, 6.07) is 47.7. The lowest BCUT2D eigenvalue weighted by atomic mass is 9.96. The number of ether oxygens (including phenoxy) is 2. The summed E-state index contributed by atoms with van der Waals surface area (Å²) in [5.41, 5.74) is 13.3. The Kier molecular flexibility index (Phi) is 9.08. The molecule has 63 heavy (non-hydrogen) atoms. The first kappa shape index (κ1) is 37.9. The van der Waals surface area contributed by atoms with Crippen LogP contribution in [0.25, 0.3) is 77.8 Å². The Bertz CT molecular complexity index is 3580. The molecule has 0 aliphatic carbocycles. The zero-order valence-electron chi connectivity index (χ0n) is 35.6. The van der Waals surface area contributed by atoms with Gasteiger partial charge in [-0.25, -0.2) is 9.97 Å². The lowest BCUT2D eigenvalue weighted by molar-refractivity contribution is 0.479. The van der Waals surface area contributed by atoms with Gasteiger partial charge in [0, 0.05) is 57.2 Å². The van der Waals surface area contributed by atoms with Gasteiger partial charge in [-0.05, 0) is 141 Å². The normalized spacial score (nSPS) is 11.6. The second kappa shape index (κ2) is 15.1. The number of hydrogen-bond donors (Lipinski definition) is 0. The zero-order chi connectivity index (χ0) is 42.8. The van der Waals surface area contributed by atoms with Crippen LogP contribution in [0.2, 0.25) is 0 Å². The molecule has 0 saturated heterocycles. The number of para-hydroxylation sites is 2. The number of benzene rings is 6. The summed E-state index contributed by atoms with van der Waals surface area (Å²) in [6.07, 6.45) is 7.39. The van der Waals surface area contributed by atoms with Gasteiger partial charge in [0.05, 0.1) is 45.8 Å². The number of aromatic nitrogens is 6. The first-order valence-electron chi connectivity index (χ1n) is 21.1. The van der Waals surface area contributed by atoms with Gasteiger partial charge in [0.2, 0.25) is 0 Å². The molecule has 5 heterocycles. The third-order valence-electron chi connectivity index (χ3n) is 12.2. The molecular weight excluding hydrogens is 777 g/mol. The first-order valence-corrected chi connectivity index (χ1v) is 21.1. The minimum Gasteiger partial charge on any atom is -0.457 e. The third kappa shape index (κ3) is 6.64. The lowest BCUT2D eigenvalue weighted by Crippen LogP contribution is -1.99. The van der Waals surface area contributed by atoms with E-state index in [4.69, 9.17) is 29.4 Å². The smallest absolute Gasteiger partial charge is 0.137 e. The molecule has 0 radical (unpaired) electrons. The Labute approximate surface area is 364 Å². The average molecular weight is 819 g/mol. The van der Waals surface area contributed by atoms with E-state index in [-0.39, 0.29) is 0 Å². The molecule has 11 aromatic rings. The molecule has 0 fully saturated rings. The molecule has 11 rings (SSSR count). The maximum absolute atomic E-state index is 6.75. The van der Waals surface area contributed by atoms with Gasteiger partial charge in [0.15, 0.2) is 0 Å². The van der Waals surface area contributed by atoms with Crippen LogP contribution in [0, 0.1) is 34.6 Å². The molecule has 6 aromatic carbocycles. The van der Waals surface area contributed by atoms with Crippen molar-refractivity contribution < 1.29 is 9.47 Å². The number of hydrogen-bond acceptors (Lipinski definition) is 6. The van der Waals surface area contributed by atoms with Crippen molar-refractivity contribution in [3.63, 3.8) is 0 Å². The van der Waals surface area contributed by atoms with Gasteiger partial charge in [-0.15, -0.1) is 0 Å². The molecule has 0 aliphatic heterocycles. The van der Waals surface area contributed by atoms with Gasteiger partial charge >= 0.3 is 0 Å². The Morgan fingerprint density at radius 2 is 0.937 bits per heavy atom. The van der Waals surface area contributed by atoms with Crippen molar-refractivity contribution in [3.8, 4) is 57.1 Å². The van der Waals surface area contributed by atoms with Gasteiger partial charge in [0.1, 0.15) is 34.6 Å².